The van der Waals surface area contributed by atoms with Crippen LogP contribution in [0.3, 0.4) is 0 Å². The van der Waals surface area contributed by atoms with E-state index >= 15 is 0 Å². The predicted molar refractivity (Wildman–Crippen MR) is 102 cm³/mol. The molecule has 0 aliphatic carbocycles. The number of ether oxygens (including phenoxy) is 1. The number of hydrazone groups is 1. The molecule has 0 saturated carbocycles. The number of rotatable bonds is 6. The molecule has 2 aromatic carbocycles. The Morgan fingerprint density at radius 1 is 1.36 bits per heavy atom. The van der Waals surface area contributed by atoms with Gasteiger partial charge < -0.3 is 15.2 Å². The average molecular weight is 406 g/mol. The van der Waals surface area contributed by atoms with Gasteiger partial charge >= 0.3 is 0 Å². The van der Waals surface area contributed by atoms with Gasteiger partial charge in [0, 0.05) is 15.7 Å². The number of hydrogen-bond acceptors (Lipinski definition) is 5. The molecular formula is C18H20BrN3O3. The minimum absolute atomic E-state index is 0.0466. The van der Waals surface area contributed by atoms with Crippen molar-refractivity contribution in [3.8, 4) is 11.5 Å². The van der Waals surface area contributed by atoms with Crippen molar-refractivity contribution in [3.63, 3.8) is 0 Å². The van der Waals surface area contributed by atoms with Crippen LogP contribution in [-0.2, 0) is 4.79 Å². The molecule has 1 atom stereocenters. The van der Waals surface area contributed by atoms with Gasteiger partial charge in [0.2, 0.25) is 0 Å². The van der Waals surface area contributed by atoms with Gasteiger partial charge in [0.15, 0.2) is 11.5 Å². The Morgan fingerprint density at radius 2 is 2.12 bits per heavy atom. The molecule has 0 unspecified atom stereocenters. The molecule has 7 heteroatoms. The number of nitrogens with one attached hydrogen (secondary N) is 2. The molecule has 1 amide bonds. The fourth-order valence-corrected chi connectivity index (χ4v) is 2.62. The lowest BCUT2D eigenvalue weighted by molar-refractivity contribution is -0.121. The molecule has 132 valence electrons. The highest BCUT2D eigenvalue weighted by Crippen LogP contribution is 2.32. The SMILES string of the molecule is COc1cc(Br)cc(C=NNC(=O)[C@H](C)Nc2cccc(C)c2)c1O. The summed E-state index contributed by atoms with van der Waals surface area (Å²) in [6.07, 6.45) is 1.36. The van der Waals surface area contributed by atoms with Crippen LogP contribution >= 0.6 is 15.9 Å². The fourth-order valence-electron chi connectivity index (χ4n) is 2.16. The summed E-state index contributed by atoms with van der Waals surface area (Å²) < 4.78 is 5.80. The van der Waals surface area contributed by atoms with Crippen molar-refractivity contribution >= 4 is 33.7 Å². The van der Waals surface area contributed by atoms with E-state index in [-0.39, 0.29) is 11.7 Å². The largest absolute Gasteiger partial charge is 0.504 e. The number of halogens is 1. The molecule has 2 rings (SSSR count). The third-order valence-electron chi connectivity index (χ3n) is 3.46. The van der Waals surface area contributed by atoms with Crippen molar-refractivity contribution in [2.24, 2.45) is 5.10 Å². The van der Waals surface area contributed by atoms with Crippen LogP contribution in [0, 0.1) is 6.92 Å². The zero-order valence-electron chi connectivity index (χ0n) is 14.2. The van der Waals surface area contributed by atoms with E-state index in [4.69, 9.17) is 4.74 Å². The van der Waals surface area contributed by atoms with E-state index in [1.165, 1.54) is 13.3 Å². The second-order valence-electron chi connectivity index (χ2n) is 5.52. The minimum atomic E-state index is -0.468. The molecule has 3 N–H and O–H groups in total. The summed E-state index contributed by atoms with van der Waals surface area (Å²) in [5.41, 5.74) is 4.84. The van der Waals surface area contributed by atoms with Crippen LogP contribution in [0.4, 0.5) is 5.69 Å². The first-order chi connectivity index (χ1) is 11.9. The Bertz CT molecular complexity index is 793. The van der Waals surface area contributed by atoms with Crippen LogP contribution in [0.15, 0.2) is 46.0 Å². The number of aryl methyl sites for hydroxylation is 1. The van der Waals surface area contributed by atoms with E-state index in [0.717, 1.165) is 15.7 Å². The number of aromatic hydroxyl groups is 1. The molecule has 2 aromatic rings. The van der Waals surface area contributed by atoms with E-state index in [9.17, 15) is 9.90 Å². The third-order valence-corrected chi connectivity index (χ3v) is 3.92. The number of amides is 1. The van der Waals surface area contributed by atoms with E-state index < -0.39 is 6.04 Å². The predicted octanol–water partition coefficient (Wildman–Crippen LogP) is 3.42. The van der Waals surface area contributed by atoms with E-state index in [0.29, 0.717) is 11.3 Å². The average Bonchev–Trinajstić information content (AvgIpc) is 2.57. The number of phenolic OH excluding ortho intramolecular Hbond substituents is 1. The third kappa shape index (κ3) is 5.22. The molecule has 0 fully saturated rings. The van der Waals surface area contributed by atoms with Crippen LogP contribution in [0.5, 0.6) is 11.5 Å². The van der Waals surface area contributed by atoms with Crippen molar-refractivity contribution in [2.45, 2.75) is 19.9 Å². The summed E-state index contributed by atoms with van der Waals surface area (Å²) in [7, 11) is 1.46. The second-order valence-corrected chi connectivity index (χ2v) is 6.43. The number of carbonyl (C=O) groups excluding carboxylic acids is 1. The molecule has 0 heterocycles. The van der Waals surface area contributed by atoms with Crippen molar-refractivity contribution in [3.05, 3.63) is 52.0 Å². The maximum atomic E-state index is 12.1. The number of phenols is 1. The summed E-state index contributed by atoms with van der Waals surface area (Å²) in [6, 6.07) is 10.6. The molecule has 0 saturated heterocycles. The molecule has 0 bridgehead atoms. The normalized spacial score (nSPS) is 12.0. The lowest BCUT2D eigenvalue weighted by Crippen LogP contribution is -2.34. The van der Waals surface area contributed by atoms with E-state index in [1.807, 2.05) is 31.2 Å². The van der Waals surface area contributed by atoms with E-state index in [1.54, 1.807) is 19.1 Å². The molecule has 0 aliphatic heterocycles. The highest BCUT2D eigenvalue weighted by molar-refractivity contribution is 9.10. The van der Waals surface area contributed by atoms with Crippen LogP contribution in [-0.4, -0.2) is 30.4 Å². The molecule has 0 aromatic heterocycles. The number of anilines is 1. The lowest BCUT2D eigenvalue weighted by Gasteiger charge is -2.13. The zero-order valence-corrected chi connectivity index (χ0v) is 15.8. The second kappa shape index (κ2) is 8.53. The highest BCUT2D eigenvalue weighted by atomic mass is 79.9. The van der Waals surface area contributed by atoms with Gasteiger partial charge in [-0.15, -0.1) is 0 Å². The Kier molecular flexibility index (Phi) is 6.41. The van der Waals surface area contributed by atoms with Gasteiger partial charge in [-0.2, -0.15) is 5.10 Å². The van der Waals surface area contributed by atoms with Gasteiger partial charge in [-0.3, -0.25) is 4.79 Å². The van der Waals surface area contributed by atoms with Crippen LogP contribution in [0.1, 0.15) is 18.1 Å². The standard InChI is InChI=1S/C18H20BrN3O3/c1-11-5-4-6-15(7-11)21-12(2)18(24)22-20-10-13-8-14(19)9-16(25-3)17(13)23/h4-10,12,21,23H,1-3H3,(H,22,24)/t12-/m0/s1. The topological polar surface area (TPSA) is 83.0 Å². The molecule has 25 heavy (non-hydrogen) atoms. The Hall–Kier alpha value is -2.54. The number of hydrogen-bond donors (Lipinski definition) is 3. The Labute approximate surface area is 155 Å². The Morgan fingerprint density at radius 3 is 2.80 bits per heavy atom. The van der Waals surface area contributed by atoms with E-state index in [2.05, 4.69) is 31.8 Å². The van der Waals surface area contributed by atoms with Gasteiger partial charge in [-0.25, -0.2) is 5.43 Å². The summed E-state index contributed by atoms with van der Waals surface area (Å²) in [5, 5.41) is 17.1. The molecule has 0 spiro atoms. The number of carbonyl (C=O) groups is 1. The molecule has 0 aliphatic rings. The Balaban J connectivity index is 1.99. The van der Waals surface area contributed by atoms with Gasteiger partial charge in [-0.05, 0) is 43.7 Å². The first-order valence-corrected chi connectivity index (χ1v) is 8.42. The van der Waals surface area contributed by atoms with Gasteiger partial charge in [0.1, 0.15) is 6.04 Å². The number of benzene rings is 2. The van der Waals surface area contributed by atoms with Crippen molar-refractivity contribution < 1.29 is 14.6 Å². The monoisotopic (exact) mass is 405 g/mol. The van der Waals surface area contributed by atoms with Gasteiger partial charge in [-0.1, -0.05) is 28.1 Å². The summed E-state index contributed by atoms with van der Waals surface area (Å²) >= 11 is 3.32. The smallest absolute Gasteiger partial charge is 0.262 e. The maximum Gasteiger partial charge on any atom is 0.262 e. The highest BCUT2D eigenvalue weighted by Gasteiger charge is 2.12. The van der Waals surface area contributed by atoms with Crippen molar-refractivity contribution in [2.75, 3.05) is 12.4 Å². The number of methoxy groups -OCH3 is 1. The first kappa shape index (κ1) is 18.8. The molecular weight excluding hydrogens is 386 g/mol. The maximum absolute atomic E-state index is 12.1. The van der Waals surface area contributed by atoms with Crippen molar-refractivity contribution in [1.29, 1.82) is 0 Å². The van der Waals surface area contributed by atoms with Crippen LogP contribution in [0.2, 0.25) is 0 Å². The van der Waals surface area contributed by atoms with Crippen LogP contribution in [0.25, 0.3) is 0 Å². The van der Waals surface area contributed by atoms with Gasteiger partial charge in [0.05, 0.1) is 13.3 Å². The summed E-state index contributed by atoms with van der Waals surface area (Å²) in [5.74, 6) is -0.0227. The lowest BCUT2D eigenvalue weighted by atomic mass is 10.2. The van der Waals surface area contributed by atoms with Gasteiger partial charge in [0.25, 0.3) is 5.91 Å². The fraction of sp³-hybridized carbons (Fsp3) is 0.222. The molecule has 0 radical (unpaired) electrons. The van der Waals surface area contributed by atoms with Crippen LogP contribution < -0.4 is 15.5 Å². The van der Waals surface area contributed by atoms with Crippen molar-refractivity contribution in [1.82, 2.24) is 5.43 Å². The first-order valence-electron chi connectivity index (χ1n) is 7.63. The molecule has 6 nitrogen and oxygen atoms in total. The summed E-state index contributed by atoms with van der Waals surface area (Å²) in [4.78, 5) is 12.1. The zero-order chi connectivity index (χ0) is 18.4. The quantitative estimate of drug-likeness (QED) is 0.507. The summed E-state index contributed by atoms with van der Waals surface area (Å²) in [6.45, 7) is 3.73. The minimum Gasteiger partial charge on any atom is -0.504 e. The number of nitrogens with zero attached hydrogens (tertiary/aromatic N) is 1.